The van der Waals surface area contributed by atoms with Gasteiger partial charge < -0.3 is 10.4 Å². The lowest BCUT2D eigenvalue weighted by molar-refractivity contribution is 0.0549. The molecular formula is C18H34N2O. The molecule has 3 nitrogen and oxygen atoms in total. The maximum Gasteiger partial charge on any atom is 0.0613 e. The summed E-state index contributed by atoms with van der Waals surface area (Å²) in [5.41, 5.74) is 0.00424. The van der Waals surface area contributed by atoms with Crippen LogP contribution in [0.15, 0.2) is 0 Å². The lowest BCUT2D eigenvalue weighted by Gasteiger charge is -2.45. The van der Waals surface area contributed by atoms with Crippen molar-refractivity contribution in [1.29, 1.82) is 0 Å². The van der Waals surface area contributed by atoms with Gasteiger partial charge in [0.2, 0.25) is 0 Å². The number of aliphatic hydroxyl groups is 1. The largest absolute Gasteiger partial charge is 0.394 e. The minimum Gasteiger partial charge on any atom is -0.394 e. The van der Waals surface area contributed by atoms with Gasteiger partial charge in [0, 0.05) is 24.7 Å². The summed E-state index contributed by atoms with van der Waals surface area (Å²) in [6, 6.07) is 0.705. The standard InChI is InChI=1S/C18H34N2O/c1-2-10-19-18(14-21)9-3-4-17(11-18)20(12-15-5-6-15)13-16-7-8-16/h15-17,19,21H,2-14H2,1H3. The number of rotatable bonds is 9. The van der Waals surface area contributed by atoms with Crippen LogP contribution < -0.4 is 5.32 Å². The van der Waals surface area contributed by atoms with Gasteiger partial charge in [-0.3, -0.25) is 4.90 Å². The molecular weight excluding hydrogens is 260 g/mol. The SMILES string of the molecule is CCCNC1(CO)CCCC(N(CC2CC2)CC2CC2)C1. The Bertz CT molecular complexity index is 313. The molecule has 3 heteroatoms. The fourth-order valence-electron chi connectivity index (χ4n) is 4.03. The second-order valence-corrected chi connectivity index (χ2v) is 7.96. The summed E-state index contributed by atoms with van der Waals surface area (Å²) in [6.45, 7) is 6.22. The third-order valence-electron chi connectivity index (χ3n) is 5.77. The molecule has 0 amide bonds. The molecule has 0 aliphatic heterocycles. The molecule has 3 aliphatic rings. The molecule has 3 saturated carbocycles. The van der Waals surface area contributed by atoms with E-state index in [0.29, 0.717) is 12.6 Å². The van der Waals surface area contributed by atoms with Crippen LogP contribution in [-0.2, 0) is 0 Å². The smallest absolute Gasteiger partial charge is 0.0613 e. The summed E-state index contributed by atoms with van der Waals surface area (Å²) < 4.78 is 0. The fourth-order valence-corrected chi connectivity index (χ4v) is 4.03. The van der Waals surface area contributed by atoms with Gasteiger partial charge in [0.1, 0.15) is 0 Å². The molecule has 21 heavy (non-hydrogen) atoms. The molecule has 0 aromatic heterocycles. The maximum absolute atomic E-state index is 9.98. The zero-order chi connectivity index (χ0) is 14.7. The number of aliphatic hydroxyl groups excluding tert-OH is 1. The predicted octanol–water partition coefficient (Wildman–Crippen LogP) is 2.78. The first-order chi connectivity index (χ1) is 10.2. The van der Waals surface area contributed by atoms with E-state index in [1.165, 1.54) is 51.6 Å². The van der Waals surface area contributed by atoms with Gasteiger partial charge in [-0.2, -0.15) is 0 Å². The zero-order valence-corrected chi connectivity index (χ0v) is 13.8. The molecule has 122 valence electrons. The van der Waals surface area contributed by atoms with Gasteiger partial charge in [-0.1, -0.05) is 6.92 Å². The molecule has 0 spiro atoms. The van der Waals surface area contributed by atoms with E-state index in [1.807, 2.05) is 0 Å². The molecule has 0 heterocycles. The Morgan fingerprint density at radius 3 is 2.29 bits per heavy atom. The molecule has 0 aromatic rings. The first-order valence-electron chi connectivity index (χ1n) is 9.34. The van der Waals surface area contributed by atoms with Gasteiger partial charge in [-0.15, -0.1) is 0 Å². The monoisotopic (exact) mass is 294 g/mol. The highest BCUT2D eigenvalue weighted by Crippen LogP contribution is 2.38. The van der Waals surface area contributed by atoms with Crippen molar-refractivity contribution in [2.24, 2.45) is 11.8 Å². The van der Waals surface area contributed by atoms with Gasteiger partial charge in [0.15, 0.2) is 0 Å². The van der Waals surface area contributed by atoms with E-state index in [4.69, 9.17) is 0 Å². The first-order valence-corrected chi connectivity index (χ1v) is 9.34. The Morgan fingerprint density at radius 1 is 1.10 bits per heavy atom. The van der Waals surface area contributed by atoms with Crippen LogP contribution in [0.2, 0.25) is 0 Å². The highest BCUT2D eigenvalue weighted by atomic mass is 16.3. The molecule has 3 aliphatic carbocycles. The number of hydrogen-bond donors (Lipinski definition) is 2. The van der Waals surface area contributed by atoms with E-state index in [2.05, 4.69) is 17.1 Å². The van der Waals surface area contributed by atoms with Crippen LogP contribution in [0.3, 0.4) is 0 Å². The van der Waals surface area contributed by atoms with Gasteiger partial charge in [-0.05, 0) is 76.2 Å². The molecule has 0 radical (unpaired) electrons. The molecule has 0 bridgehead atoms. The summed E-state index contributed by atoms with van der Waals surface area (Å²) >= 11 is 0. The highest BCUT2D eigenvalue weighted by Gasteiger charge is 2.40. The molecule has 0 aromatic carbocycles. The average molecular weight is 294 g/mol. The summed E-state index contributed by atoms with van der Waals surface area (Å²) in [7, 11) is 0. The summed E-state index contributed by atoms with van der Waals surface area (Å²) in [5.74, 6) is 1.97. The number of nitrogens with one attached hydrogen (secondary N) is 1. The number of nitrogens with zero attached hydrogens (tertiary/aromatic N) is 1. The van der Waals surface area contributed by atoms with Crippen LogP contribution in [-0.4, -0.2) is 47.8 Å². The van der Waals surface area contributed by atoms with E-state index < -0.39 is 0 Å². The van der Waals surface area contributed by atoms with Crippen molar-refractivity contribution >= 4 is 0 Å². The van der Waals surface area contributed by atoms with E-state index in [1.54, 1.807) is 0 Å². The minimum absolute atomic E-state index is 0.00424. The first kappa shape index (κ1) is 15.8. The van der Waals surface area contributed by atoms with E-state index in [0.717, 1.165) is 37.6 Å². The van der Waals surface area contributed by atoms with Crippen molar-refractivity contribution in [3.8, 4) is 0 Å². The van der Waals surface area contributed by atoms with Crippen LogP contribution in [0.25, 0.3) is 0 Å². The van der Waals surface area contributed by atoms with E-state index in [9.17, 15) is 5.11 Å². The van der Waals surface area contributed by atoms with Crippen molar-refractivity contribution in [1.82, 2.24) is 10.2 Å². The van der Waals surface area contributed by atoms with E-state index >= 15 is 0 Å². The topological polar surface area (TPSA) is 35.5 Å². The van der Waals surface area contributed by atoms with Crippen molar-refractivity contribution in [2.45, 2.75) is 76.3 Å². The van der Waals surface area contributed by atoms with Crippen LogP contribution in [0, 0.1) is 11.8 Å². The van der Waals surface area contributed by atoms with Crippen molar-refractivity contribution in [3.05, 3.63) is 0 Å². The number of hydrogen-bond acceptors (Lipinski definition) is 3. The van der Waals surface area contributed by atoms with Gasteiger partial charge in [0.25, 0.3) is 0 Å². The Balaban J connectivity index is 1.60. The third-order valence-corrected chi connectivity index (χ3v) is 5.77. The zero-order valence-electron chi connectivity index (χ0n) is 13.8. The van der Waals surface area contributed by atoms with Gasteiger partial charge >= 0.3 is 0 Å². The van der Waals surface area contributed by atoms with Crippen LogP contribution in [0.5, 0.6) is 0 Å². The Morgan fingerprint density at radius 2 is 1.76 bits per heavy atom. The highest BCUT2D eigenvalue weighted by molar-refractivity contribution is 4.98. The van der Waals surface area contributed by atoms with Crippen molar-refractivity contribution in [3.63, 3.8) is 0 Å². The minimum atomic E-state index is 0.00424. The third kappa shape index (κ3) is 4.43. The van der Waals surface area contributed by atoms with Crippen molar-refractivity contribution < 1.29 is 5.11 Å². The van der Waals surface area contributed by atoms with Crippen LogP contribution in [0.4, 0.5) is 0 Å². The van der Waals surface area contributed by atoms with E-state index in [-0.39, 0.29) is 5.54 Å². The second-order valence-electron chi connectivity index (χ2n) is 7.96. The molecule has 2 N–H and O–H groups in total. The second kappa shape index (κ2) is 6.97. The average Bonchev–Trinajstić information content (AvgIpc) is 3.40. The molecule has 3 rings (SSSR count). The fraction of sp³-hybridized carbons (Fsp3) is 1.00. The molecule has 0 saturated heterocycles. The lowest BCUT2D eigenvalue weighted by Crippen LogP contribution is -2.56. The normalized spacial score (nSPS) is 33.6. The van der Waals surface area contributed by atoms with Crippen molar-refractivity contribution in [2.75, 3.05) is 26.2 Å². The summed E-state index contributed by atoms with van der Waals surface area (Å²) in [6.07, 6.45) is 11.9. The molecule has 2 unspecified atom stereocenters. The summed E-state index contributed by atoms with van der Waals surface area (Å²) in [4.78, 5) is 2.81. The molecule has 3 fully saturated rings. The van der Waals surface area contributed by atoms with Crippen LogP contribution in [0.1, 0.15) is 64.7 Å². The lowest BCUT2D eigenvalue weighted by atomic mass is 9.78. The Labute approximate surface area is 130 Å². The van der Waals surface area contributed by atoms with Crippen LogP contribution >= 0.6 is 0 Å². The maximum atomic E-state index is 9.98. The molecule has 2 atom stereocenters. The quantitative estimate of drug-likeness (QED) is 0.686. The Kier molecular flexibility index (Phi) is 5.23. The predicted molar refractivity (Wildman–Crippen MR) is 87.4 cm³/mol. The Hall–Kier alpha value is -0.120. The summed E-state index contributed by atoms with van der Waals surface area (Å²) in [5, 5.41) is 13.7. The van der Waals surface area contributed by atoms with Gasteiger partial charge in [0.05, 0.1) is 6.61 Å². The van der Waals surface area contributed by atoms with Gasteiger partial charge in [-0.25, -0.2) is 0 Å².